The molecule has 0 aliphatic heterocycles. The molecular formula is C17H24NO7P. The quantitative estimate of drug-likeness (QED) is 0.373. The number of carbonyl (C=O) groups excluding carboxylic acids is 2. The number of carbonyl (C=O) groups is 2. The van der Waals surface area contributed by atoms with E-state index in [-0.39, 0.29) is 13.2 Å². The summed E-state index contributed by atoms with van der Waals surface area (Å²) in [6.45, 7) is 4.56. The van der Waals surface area contributed by atoms with Crippen LogP contribution >= 0.6 is 7.75 Å². The monoisotopic (exact) mass is 385 g/mol. The molecule has 0 heterocycles. The highest BCUT2D eigenvalue weighted by molar-refractivity contribution is 7.52. The summed E-state index contributed by atoms with van der Waals surface area (Å²) in [5, 5.41) is 2.54. The third-order valence-electron chi connectivity index (χ3n) is 3.05. The van der Waals surface area contributed by atoms with Crippen molar-refractivity contribution < 1.29 is 32.7 Å². The van der Waals surface area contributed by atoms with Gasteiger partial charge in [0, 0.05) is 6.92 Å². The van der Waals surface area contributed by atoms with Gasteiger partial charge in [0.15, 0.2) is 0 Å². The SMILES string of the molecule is COC(=O)[C@H](C)NP(=O)(OC/C=C(\C)COC(C)=O)Oc1ccccc1. The van der Waals surface area contributed by atoms with Crippen molar-refractivity contribution in [3.63, 3.8) is 0 Å². The van der Waals surface area contributed by atoms with Gasteiger partial charge in [0.05, 0.1) is 13.7 Å². The van der Waals surface area contributed by atoms with Crippen molar-refractivity contribution in [2.45, 2.75) is 26.8 Å². The Hall–Kier alpha value is -2.15. The van der Waals surface area contributed by atoms with Crippen molar-refractivity contribution in [1.82, 2.24) is 5.09 Å². The van der Waals surface area contributed by atoms with Crippen molar-refractivity contribution in [3.05, 3.63) is 42.0 Å². The van der Waals surface area contributed by atoms with Crippen LogP contribution in [0.4, 0.5) is 0 Å². The summed E-state index contributed by atoms with van der Waals surface area (Å²) < 4.78 is 33.3. The molecule has 1 N–H and O–H groups in total. The summed E-state index contributed by atoms with van der Waals surface area (Å²) in [6.07, 6.45) is 1.61. The fourth-order valence-electron chi connectivity index (χ4n) is 1.73. The summed E-state index contributed by atoms with van der Waals surface area (Å²) >= 11 is 0. The van der Waals surface area contributed by atoms with E-state index in [1.165, 1.54) is 21.0 Å². The highest BCUT2D eigenvalue weighted by Gasteiger charge is 2.31. The van der Waals surface area contributed by atoms with E-state index in [1.807, 2.05) is 0 Å². The zero-order valence-corrected chi connectivity index (χ0v) is 16.2. The van der Waals surface area contributed by atoms with Gasteiger partial charge >= 0.3 is 19.7 Å². The number of ether oxygens (including phenoxy) is 2. The summed E-state index contributed by atoms with van der Waals surface area (Å²) in [4.78, 5) is 22.4. The molecule has 0 amide bonds. The maximum absolute atomic E-state index is 13.0. The first-order valence-corrected chi connectivity index (χ1v) is 9.44. The molecular weight excluding hydrogens is 361 g/mol. The summed E-state index contributed by atoms with van der Waals surface area (Å²) in [6, 6.07) is 7.54. The summed E-state index contributed by atoms with van der Waals surface area (Å²) in [5.41, 5.74) is 0.715. The fraction of sp³-hybridized carbons (Fsp3) is 0.412. The fourth-order valence-corrected chi connectivity index (χ4v) is 3.16. The Morgan fingerprint density at radius 2 is 1.88 bits per heavy atom. The number of methoxy groups -OCH3 is 1. The molecule has 0 spiro atoms. The third-order valence-corrected chi connectivity index (χ3v) is 4.70. The molecule has 2 atom stereocenters. The molecule has 1 rings (SSSR count). The lowest BCUT2D eigenvalue weighted by molar-refractivity contribution is -0.142. The van der Waals surface area contributed by atoms with E-state index in [0.29, 0.717) is 11.3 Å². The van der Waals surface area contributed by atoms with Crippen molar-refractivity contribution in [1.29, 1.82) is 0 Å². The first kappa shape index (κ1) is 21.9. The van der Waals surface area contributed by atoms with Crippen LogP contribution in [-0.2, 0) is 28.2 Å². The van der Waals surface area contributed by atoms with Crippen molar-refractivity contribution in [2.24, 2.45) is 0 Å². The van der Waals surface area contributed by atoms with E-state index < -0.39 is 25.7 Å². The van der Waals surface area contributed by atoms with E-state index >= 15 is 0 Å². The highest BCUT2D eigenvalue weighted by Crippen LogP contribution is 2.44. The standard InChI is InChI=1S/C17H24NO7P/c1-13(12-23-15(3)19)10-11-24-26(21,18-14(2)17(20)22-4)25-16-8-6-5-7-9-16/h5-10,14H,11-12H2,1-4H3,(H,18,21)/b13-10+/t14-,26?/m0/s1. The van der Waals surface area contributed by atoms with Gasteiger partial charge in [-0.2, -0.15) is 5.09 Å². The molecule has 9 heteroatoms. The van der Waals surface area contributed by atoms with Crippen LogP contribution in [0, 0.1) is 0 Å². The van der Waals surface area contributed by atoms with Gasteiger partial charge in [-0.25, -0.2) is 4.57 Å². The van der Waals surface area contributed by atoms with E-state index in [4.69, 9.17) is 13.8 Å². The van der Waals surface area contributed by atoms with Crippen LogP contribution in [0.15, 0.2) is 42.0 Å². The molecule has 1 aromatic rings. The topological polar surface area (TPSA) is 100 Å². The minimum atomic E-state index is -3.86. The normalized spacial score (nSPS) is 14.8. The minimum Gasteiger partial charge on any atom is -0.468 e. The van der Waals surface area contributed by atoms with E-state index in [9.17, 15) is 14.2 Å². The molecule has 0 aromatic heterocycles. The Kier molecular flexibility index (Phi) is 9.05. The van der Waals surface area contributed by atoms with Gasteiger partial charge in [0.25, 0.3) is 0 Å². The van der Waals surface area contributed by atoms with Gasteiger partial charge in [0.1, 0.15) is 18.4 Å². The molecule has 26 heavy (non-hydrogen) atoms. The second-order valence-corrected chi connectivity index (χ2v) is 7.10. The van der Waals surface area contributed by atoms with Crippen LogP contribution in [0.5, 0.6) is 5.75 Å². The lowest BCUT2D eigenvalue weighted by Crippen LogP contribution is -2.34. The average molecular weight is 385 g/mol. The van der Waals surface area contributed by atoms with Crippen LogP contribution in [-0.4, -0.2) is 38.3 Å². The molecule has 0 bridgehead atoms. The maximum Gasteiger partial charge on any atom is 0.459 e. The average Bonchev–Trinajstić information content (AvgIpc) is 2.59. The number of rotatable bonds is 10. The van der Waals surface area contributed by atoms with Crippen LogP contribution in [0.1, 0.15) is 20.8 Å². The van der Waals surface area contributed by atoms with Gasteiger partial charge in [-0.1, -0.05) is 24.3 Å². The predicted molar refractivity (Wildman–Crippen MR) is 95.6 cm³/mol. The van der Waals surface area contributed by atoms with Crippen LogP contribution in [0.25, 0.3) is 0 Å². The van der Waals surface area contributed by atoms with Gasteiger partial charge in [-0.15, -0.1) is 0 Å². The molecule has 0 aliphatic rings. The number of esters is 2. The van der Waals surface area contributed by atoms with Crippen molar-refractivity contribution >= 4 is 19.7 Å². The van der Waals surface area contributed by atoms with Gasteiger partial charge < -0.3 is 14.0 Å². The lowest BCUT2D eigenvalue weighted by atomic mass is 10.3. The Labute approximate surface area is 153 Å². The zero-order chi connectivity index (χ0) is 19.6. The molecule has 0 fully saturated rings. The highest BCUT2D eigenvalue weighted by atomic mass is 31.2. The Bertz CT molecular complexity index is 675. The minimum absolute atomic E-state index is 0.0713. The van der Waals surface area contributed by atoms with Crippen LogP contribution in [0.3, 0.4) is 0 Å². The predicted octanol–water partition coefficient (Wildman–Crippen LogP) is 2.85. The van der Waals surface area contributed by atoms with Gasteiger partial charge in [-0.3, -0.25) is 14.1 Å². The van der Waals surface area contributed by atoms with Crippen LogP contribution < -0.4 is 9.61 Å². The zero-order valence-electron chi connectivity index (χ0n) is 15.3. The van der Waals surface area contributed by atoms with Gasteiger partial charge in [0.2, 0.25) is 0 Å². The molecule has 144 valence electrons. The molecule has 0 radical (unpaired) electrons. The van der Waals surface area contributed by atoms with E-state index in [1.54, 1.807) is 43.3 Å². The summed E-state index contributed by atoms with van der Waals surface area (Å²) in [7, 11) is -2.63. The number of para-hydroxylation sites is 1. The first-order valence-electron chi connectivity index (χ1n) is 7.89. The number of hydrogen-bond acceptors (Lipinski definition) is 7. The largest absolute Gasteiger partial charge is 0.468 e. The Morgan fingerprint density at radius 3 is 2.46 bits per heavy atom. The van der Waals surface area contributed by atoms with Gasteiger partial charge in [-0.05, 0) is 31.6 Å². The molecule has 0 saturated carbocycles. The van der Waals surface area contributed by atoms with E-state index in [0.717, 1.165) is 0 Å². The molecule has 1 aromatic carbocycles. The Balaban J connectivity index is 2.80. The lowest BCUT2D eigenvalue weighted by Gasteiger charge is -2.22. The second-order valence-electron chi connectivity index (χ2n) is 5.40. The number of nitrogens with one attached hydrogen (secondary N) is 1. The number of hydrogen-bond donors (Lipinski definition) is 1. The third kappa shape index (κ3) is 8.29. The van der Waals surface area contributed by atoms with Crippen molar-refractivity contribution in [2.75, 3.05) is 20.3 Å². The number of benzene rings is 1. The molecule has 1 unspecified atom stereocenters. The van der Waals surface area contributed by atoms with Crippen molar-refractivity contribution in [3.8, 4) is 5.75 Å². The molecule has 0 saturated heterocycles. The van der Waals surface area contributed by atoms with Crippen LogP contribution in [0.2, 0.25) is 0 Å². The second kappa shape index (κ2) is 10.8. The first-order chi connectivity index (χ1) is 12.3. The summed E-state index contributed by atoms with van der Waals surface area (Å²) in [5.74, 6) is -0.682. The maximum atomic E-state index is 13.0. The Morgan fingerprint density at radius 1 is 1.23 bits per heavy atom. The smallest absolute Gasteiger partial charge is 0.459 e. The molecule has 8 nitrogen and oxygen atoms in total. The van der Waals surface area contributed by atoms with E-state index in [2.05, 4.69) is 9.82 Å². The molecule has 0 aliphatic carbocycles.